The summed E-state index contributed by atoms with van der Waals surface area (Å²) < 4.78 is 0. The van der Waals surface area contributed by atoms with Gasteiger partial charge in [0.15, 0.2) is 0 Å². The van der Waals surface area contributed by atoms with E-state index in [0.717, 1.165) is 26.1 Å². The van der Waals surface area contributed by atoms with Gasteiger partial charge in [-0.05, 0) is 31.9 Å². The van der Waals surface area contributed by atoms with Crippen LogP contribution in [0.1, 0.15) is 31.7 Å². The van der Waals surface area contributed by atoms with Gasteiger partial charge in [-0.2, -0.15) is 0 Å². The largest absolute Gasteiger partial charge is 0.481 e. The van der Waals surface area contributed by atoms with Crippen molar-refractivity contribution < 1.29 is 9.90 Å². The molecule has 0 amide bonds. The summed E-state index contributed by atoms with van der Waals surface area (Å²) in [7, 11) is 0. The van der Waals surface area contributed by atoms with E-state index in [2.05, 4.69) is 34.5 Å². The van der Waals surface area contributed by atoms with Crippen LogP contribution in [0, 0.1) is 0 Å². The van der Waals surface area contributed by atoms with Crippen LogP contribution in [0.15, 0.2) is 30.3 Å². The highest BCUT2D eigenvalue weighted by atomic mass is 16.4. The molecular formula is C16H24N2O2. The Kier molecular flexibility index (Phi) is 5.56. The molecule has 1 aromatic rings. The Morgan fingerprint density at radius 1 is 1.45 bits per heavy atom. The Labute approximate surface area is 120 Å². The zero-order valence-electron chi connectivity index (χ0n) is 12.1. The van der Waals surface area contributed by atoms with E-state index < -0.39 is 5.97 Å². The highest BCUT2D eigenvalue weighted by molar-refractivity contribution is 5.67. The molecule has 0 aliphatic carbocycles. The number of hydrogen-bond donors (Lipinski definition) is 2. The maximum Gasteiger partial charge on any atom is 0.304 e. The predicted molar refractivity (Wildman–Crippen MR) is 79.6 cm³/mol. The molecule has 20 heavy (non-hydrogen) atoms. The minimum atomic E-state index is -0.734. The number of carbonyl (C=O) groups is 1. The van der Waals surface area contributed by atoms with Gasteiger partial charge in [0.2, 0.25) is 0 Å². The minimum absolute atomic E-state index is 0.0363. The highest BCUT2D eigenvalue weighted by Gasteiger charge is 2.21. The third-order valence-electron chi connectivity index (χ3n) is 3.76. The summed E-state index contributed by atoms with van der Waals surface area (Å²) in [5.74, 6) is -0.734. The van der Waals surface area contributed by atoms with E-state index in [1.807, 2.05) is 13.0 Å². The Bertz CT molecular complexity index is 422. The van der Waals surface area contributed by atoms with Crippen molar-refractivity contribution in [1.82, 2.24) is 10.2 Å². The van der Waals surface area contributed by atoms with Crippen LogP contribution in [-0.2, 0) is 11.3 Å². The average molecular weight is 276 g/mol. The fraction of sp³-hybridized carbons (Fsp3) is 0.562. The van der Waals surface area contributed by atoms with Crippen LogP contribution in [0.25, 0.3) is 0 Å². The monoisotopic (exact) mass is 276 g/mol. The summed E-state index contributed by atoms with van der Waals surface area (Å²) in [6, 6.07) is 10.9. The van der Waals surface area contributed by atoms with E-state index >= 15 is 0 Å². The summed E-state index contributed by atoms with van der Waals surface area (Å²) >= 11 is 0. The molecular weight excluding hydrogens is 252 g/mol. The summed E-state index contributed by atoms with van der Waals surface area (Å²) in [6.07, 6.45) is 2.49. The lowest BCUT2D eigenvalue weighted by molar-refractivity contribution is -0.137. The number of rotatable bonds is 6. The topological polar surface area (TPSA) is 52.6 Å². The zero-order valence-corrected chi connectivity index (χ0v) is 12.1. The molecule has 2 N–H and O–H groups in total. The predicted octanol–water partition coefficient (Wildman–Crippen LogP) is 2.10. The smallest absolute Gasteiger partial charge is 0.304 e. The lowest BCUT2D eigenvalue weighted by Crippen LogP contribution is -2.48. The molecule has 0 bridgehead atoms. The number of piperidine rings is 1. The first-order valence-electron chi connectivity index (χ1n) is 7.37. The number of nitrogens with one attached hydrogen (secondary N) is 1. The lowest BCUT2D eigenvalue weighted by Gasteiger charge is -2.34. The summed E-state index contributed by atoms with van der Waals surface area (Å²) in [4.78, 5) is 13.2. The van der Waals surface area contributed by atoms with Crippen LogP contribution in [0.5, 0.6) is 0 Å². The van der Waals surface area contributed by atoms with Crippen molar-refractivity contribution in [1.29, 1.82) is 0 Å². The molecule has 1 aliphatic heterocycles. The average Bonchev–Trinajstić information content (AvgIpc) is 2.39. The fourth-order valence-electron chi connectivity index (χ4n) is 2.90. The molecule has 0 radical (unpaired) electrons. The van der Waals surface area contributed by atoms with Crippen LogP contribution in [0.3, 0.4) is 0 Å². The normalized spacial score (nSPS) is 21.6. The number of carboxylic acids is 1. The molecule has 1 aromatic carbocycles. The molecule has 0 spiro atoms. The van der Waals surface area contributed by atoms with Gasteiger partial charge in [0, 0.05) is 25.2 Å². The number of benzene rings is 1. The first-order valence-corrected chi connectivity index (χ1v) is 7.37. The third-order valence-corrected chi connectivity index (χ3v) is 3.76. The van der Waals surface area contributed by atoms with Crippen LogP contribution in [0.4, 0.5) is 0 Å². The highest BCUT2D eigenvalue weighted by Crippen LogP contribution is 2.14. The Balaban J connectivity index is 1.81. The second-order valence-electron chi connectivity index (χ2n) is 5.73. The quantitative estimate of drug-likeness (QED) is 0.835. The standard InChI is InChI=1S/C16H24N2O2/c1-13(10-16(19)20)17-15-8-5-9-18(12-15)11-14-6-3-2-4-7-14/h2-4,6-7,13,15,17H,5,8-12H2,1H3,(H,19,20). The summed E-state index contributed by atoms with van der Waals surface area (Å²) in [5, 5.41) is 12.3. The van der Waals surface area contributed by atoms with Crippen molar-refractivity contribution in [2.24, 2.45) is 0 Å². The van der Waals surface area contributed by atoms with Gasteiger partial charge < -0.3 is 10.4 Å². The third kappa shape index (κ3) is 4.94. The van der Waals surface area contributed by atoms with Gasteiger partial charge in [0.25, 0.3) is 0 Å². The Morgan fingerprint density at radius 2 is 2.20 bits per heavy atom. The van der Waals surface area contributed by atoms with Gasteiger partial charge in [0.05, 0.1) is 6.42 Å². The molecule has 1 fully saturated rings. The van der Waals surface area contributed by atoms with Gasteiger partial charge in [-0.3, -0.25) is 9.69 Å². The van der Waals surface area contributed by atoms with Crippen LogP contribution >= 0.6 is 0 Å². The molecule has 2 atom stereocenters. The van der Waals surface area contributed by atoms with Crippen molar-refractivity contribution in [2.75, 3.05) is 13.1 Å². The van der Waals surface area contributed by atoms with Crippen molar-refractivity contribution in [3.8, 4) is 0 Å². The van der Waals surface area contributed by atoms with Crippen LogP contribution in [0.2, 0.25) is 0 Å². The maximum absolute atomic E-state index is 10.7. The van der Waals surface area contributed by atoms with E-state index in [4.69, 9.17) is 5.11 Å². The van der Waals surface area contributed by atoms with Crippen LogP contribution in [-0.4, -0.2) is 41.1 Å². The molecule has 1 heterocycles. The summed E-state index contributed by atoms with van der Waals surface area (Å²) in [5.41, 5.74) is 1.34. The van der Waals surface area contributed by atoms with Crippen molar-refractivity contribution >= 4 is 5.97 Å². The number of carboxylic acid groups (broad SMARTS) is 1. The molecule has 0 aromatic heterocycles. The van der Waals surface area contributed by atoms with Gasteiger partial charge in [0.1, 0.15) is 0 Å². The first kappa shape index (κ1) is 15.0. The van der Waals surface area contributed by atoms with Crippen molar-refractivity contribution in [3.05, 3.63) is 35.9 Å². The number of hydrogen-bond acceptors (Lipinski definition) is 3. The Hall–Kier alpha value is -1.39. The van der Waals surface area contributed by atoms with E-state index in [1.165, 1.54) is 12.0 Å². The van der Waals surface area contributed by atoms with Gasteiger partial charge in [-0.1, -0.05) is 30.3 Å². The lowest BCUT2D eigenvalue weighted by atomic mass is 10.0. The molecule has 0 saturated carbocycles. The second kappa shape index (κ2) is 7.41. The first-order chi connectivity index (χ1) is 9.63. The van der Waals surface area contributed by atoms with E-state index in [1.54, 1.807) is 0 Å². The minimum Gasteiger partial charge on any atom is -0.481 e. The number of aliphatic carboxylic acids is 1. The second-order valence-corrected chi connectivity index (χ2v) is 5.73. The van der Waals surface area contributed by atoms with Crippen LogP contribution < -0.4 is 5.32 Å². The molecule has 2 rings (SSSR count). The SMILES string of the molecule is CC(CC(=O)O)NC1CCCN(Cc2ccccc2)C1. The molecule has 2 unspecified atom stereocenters. The number of nitrogens with zero attached hydrogens (tertiary/aromatic N) is 1. The van der Waals surface area contributed by atoms with Gasteiger partial charge in [-0.15, -0.1) is 0 Å². The fourth-order valence-corrected chi connectivity index (χ4v) is 2.90. The number of likely N-dealkylation sites (tertiary alicyclic amines) is 1. The van der Waals surface area contributed by atoms with E-state index in [-0.39, 0.29) is 12.5 Å². The molecule has 110 valence electrons. The van der Waals surface area contributed by atoms with Gasteiger partial charge >= 0.3 is 5.97 Å². The maximum atomic E-state index is 10.7. The molecule has 1 aliphatic rings. The van der Waals surface area contributed by atoms with Crippen molar-refractivity contribution in [2.45, 2.75) is 44.8 Å². The molecule has 4 heteroatoms. The van der Waals surface area contributed by atoms with Crippen molar-refractivity contribution in [3.63, 3.8) is 0 Å². The molecule has 4 nitrogen and oxygen atoms in total. The summed E-state index contributed by atoms with van der Waals surface area (Å²) in [6.45, 7) is 5.05. The van der Waals surface area contributed by atoms with E-state index in [9.17, 15) is 4.79 Å². The molecule has 1 saturated heterocycles. The van der Waals surface area contributed by atoms with Gasteiger partial charge in [-0.25, -0.2) is 0 Å². The Morgan fingerprint density at radius 3 is 2.90 bits per heavy atom. The van der Waals surface area contributed by atoms with E-state index in [0.29, 0.717) is 6.04 Å². The zero-order chi connectivity index (χ0) is 14.4.